The van der Waals surface area contributed by atoms with Crippen LogP contribution >= 0.6 is 0 Å². The highest BCUT2D eigenvalue weighted by atomic mass is 16.5. The molecule has 30 heavy (non-hydrogen) atoms. The lowest BCUT2D eigenvalue weighted by molar-refractivity contribution is 0.102. The number of carbonyl (C=O) groups is 1. The van der Waals surface area contributed by atoms with E-state index in [9.17, 15) is 9.59 Å². The molecule has 0 fully saturated rings. The summed E-state index contributed by atoms with van der Waals surface area (Å²) in [6.07, 6.45) is 3.25. The number of hydrogen-bond donors (Lipinski definition) is 1. The Bertz CT molecular complexity index is 1280. The van der Waals surface area contributed by atoms with Crippen LogP contribution in [0.1, 0.15) is 10.4 Å². The van der Waals surface area contributed by atoms with Gasteiger partial charge in [-0.1, -0.05) is 24.3 Å². The highest BCUT2D eigenvalue weighted by Crippen LogP contribution is 2.25. The Labute approximate surface area is 171 Å². The molecule has 8 heteroatoms. The Morgan fingerprint density at radius 2 is 1.73 bits per heavy atom. The van der Waals surface area contributed by atoms with Crippen LogP contribution in [0.5, 0.6) is 11.8 Å². The fourth-order valence-corrected chi connectivity index (χ4v) is 2.98. The normalized spacial score (nSPS) is 10.6. The summed E-state index contributed by atoms with van der Waals surface area (Å²) >= 11 is 0. The van der Waals surface area contributed by atoms with Gasteiger partial charge >= 0.3 is 11.6 Å². The first-order valence-corrected chi connectivity index (χ1v) is 8.97. The second-order valence-electron chi connectivity index (χ2n) is 6.32. The minimum atomic E-state index is -0.746. The first-order chi connectivity index (χ1) is 14.6. The second-order valence-corrected chi connectivity index (χ2v) is 6.32. The Balaban J connectivity index is 1.62. The van der Waals surface area contributed by atoms with Gasteiger partial charge in [0.15, 0.2) is 11.3 Å². The number of carbonyl (C=O) groups excluding carboxylic acids is 1. The largest absolute Gasteiger partial charge is 0.493 e. The van der Waals surface area contributed by atoms with Gasteiger partial charge in [-0.05, 0) is 29.8 Å². The summed E-state index contributed by atoms with van der Waals surface area (Å²) in [5, 5.41) is 3.32. The summed E-state index contributed by atoms with van der Waals surface area (Å²) in [4.78, 5) is 33.3. The standard InChI is InChI=1S/C22H17N3O5/c1-28-18-8-4-6-14-10-17(21(27)30-19(14)18)20(26)25-16-7-3-5-13(9-16)15-11-23-22(29-2)24-12-15/h3-12H,1-2H3,(H,25,26). The van der Waals surface area contributed by atoms with Crippen molar-refractivity contribution in [2.75, 3.05) is 19.5 Å². The predicted molar refractivity (Wildman–Crippen MR) is 111 cm³/mol. The zero-order valence-corrected chi connectivity index (χ0v) is 16.2. The third-order valence-electron chi connectivity index (χ3n) is 4.45. The number of amides is 1. The number of benzene rings is 2. The lowest BCUT2D eigenvalue weighted by atomic mass is 10.1. The molecule has 0 bridgehead atoms. The molecule has 0 aliphatic rings. The van der Waals surface area contributed by atoms with Crippen molar-refractivity contribution >= 4 is 22.6 Å². The maximum atomic E-state index is 12.7. The molecular formula is C22H17N3O5. The number of para-hydroxylation sites is 1. The Morgan fingerprint density at radius 3 is 2.47 bits per heavy atom. The van der Waals surface area contributed by atoms with Crippen molar-refractivity contribution in [3.63, 3.8) is 0 Å². The highest BCUT2D eigenvalue weighted by Gasteiger charge is 2.16. The van der Waals surface area contributed by atoms with Crippen molar-refractivity contribution in [1.29, 1.82) is 0 Å². The molecule has 0 saturated heterocycles. The van der Waals surface area contributed by atoms with Crippen molar-refractivity contribution in [3.8, 4) is 22.9 Å². The molecule has 1 amide bonds. The number of anilines is 1. The maximum absolute atomic E-state index is 12.7. The van der Waals surface area contributed by atoms with Gasteiger partial charge in [0.05, 0.1) is 14.2 Å². The molecule has 8 nitrogen and oxygen atoms in total. The predicted octanol–water partition coefficient (Wildman–Crippen LogP) is 3.52. The van der Waals surface area contributed by atoms with E-state index >= 15 is 0 Å². The number of ether oxygens (including phenoxy) is 2. The topological polar surface area (TPSA) is 104 Å². The van der Waals surface area contributed by atoms with E-state index in [0.717, 1.165) is 11.1 Å². The van der Waals surface area contributed by atoms with Gasteiger partial charge in [-0.2, -0.15) is 0 Å². The summed E-state index contributed by atoms with van der Waals surface area (Å²) in [6.45, 7) is 0. The molecule has 0 unspecified atom stereocenters. The molecule has 4 aromatic rings. The van der Waals surface area contributed by atoms with E-state index in [-0.39, 0.29) is 11.6 Å². The van der Waals surface area contributed by atoms with Crippen LogP contribution < -0.4 is 20.4 Å². The van der Waals surface area contributed by atoms with Crippen LogP contribution in [0.25, 0.3) is 22.1 Å². The first-order valence-electron chi connectivity index (χ1n) is 8.97. The summed E-state index contributed by atoms with van der Waals surface area (Å²) in [5.74, 6) is -0.150. The number of nitrogens with one attached hydrogen (secondary N) is 1. The maximum Gasteiger partial charge on any atom is 0.349 e. The summed E-state index contributed by atoms with van der Waals surface area (Å²) in [5.41, 5.74) is 1.51. The van der Waals surface area contributed by atoms with E-state index in [2.05, 4.69) is 15.3 Å². The van der Waals surface area contributed by atoms with Crippen LogP contribution in [-0.4, -0.2) is 30.1 Å². The van der Waals surface area contributed by atoms with Gasteiger partial charge in [-0.3, -0.25) is 4.79 Å². The molecule has 150 valence electrons. The van der Waals surface area contributed by atoms with Gasteiger partial charge < -0.3 is 19.2 Å². The second kappa shape index (κ2) is 8.04. The quantitative estimate of drug-likeness (QED) is 0.509. The van der Waals surface area contributed by atoms with E-state index in [1.54, 1.807) is 48.8 Å². The van der Waals surface area contributed by atoms with Crippen molar-refractivity contribution in [1.82, 2.24) is 9.97 Å². The molecule has 0 radical (unpaired) electrons. The van der Waals surface area contributed by atoms with Gasteiger partial charge in [0.25, 0.3) is 5.91 Å². The molecule has 2 aromatic carbocycles. The minimum absolute atomic E-state index is 0.103. The van der Waals surface area contributed by atoms with E-state index in [1.165, 1.54) is 20.3 Å². The molecule has 0 atom stereocenters. The number of rotatable bonds is 5. The molecule has 0 aliphatic heterocycles. The van der Waals surface area contributed by atoms with E-state index in [0.29, 0.717) is 22.4 Å². The van der Waals surface area contributed by atoms with Crippen LogP contribution in [0.4, 0.5) is 5.69 Å². The van der Waals surface area contributed by atoms with Gasteiger partial charge in [0.1, 0.15) is 5.56 Å². The third kappa shape index (κ3) is 3.70. The van der Waals surface area contributed by atoms with E-state index < -0.39 is 11.5 Å². The lowest BCUT2D eigenvalue weighted by Crippen LogP contribution is -2.20. The zero-order chi connectivity index (χ0) is 21.1. The van der Waals surface area contributed by atoms with Gasteiger partial charge in [-0.15, -0.1) is 0 Å². The van der Waals surface area contributed by atoms with Crippen LogP contribution in [0.15, 0.2) is 70.1 Å². The molecule has 1 N–H and O–H groups in total. The van der Waals surface area contributed by atoms with Crippen LogP contribution in [-0.2, 0) is 0 Å². The van der Waals surface area contributed by atoms with Crippen LogP contribution in [0.3, 0.4) is 0 Å². The van der Waals surface area contributed by atoms with Crippen LogP contribution in [0, 0.1) is 0 Å². The van der Waals surface area contributed by atoms with Gasteiger partial charge in [0.2, 0.25) is 0 Å². The van der Waals surface area contributed by atoms with E-state index in [1.807, 2.05) is 6.07 Å². The third-order valence-corrected chi connectivity index (χ3v) is 4.45. The number of aromatic nitrogens is 2. The first kappa shape index (κ1) is 19.1. The fraction of sp³-hybridized carbons (Fsp3) is 0.0909. The fourth-order valence-electron chi connectivity index (χ4n) is 2.98. The Hall–Kier alpha value is -4.20. The molecule has 2 aromatic heterocycles. The van der Waals surface area contributed by atoms with Crippen molar-refractivity contribution in [2.45, 2.75) is 0 Å². The SMILES string of the molecule is COc1ncc(-c2cccc(NC(=O)c3cc4cccc(OC)c4oc3=O)c2)cn1. The molecule has 2 heterocycles. The average Bonchev–Trinajstić information content (AvgIpc) is 2.78. The molecular weight excluding hydrogens is 386 g/mol. The van der Waals surface area contributed by atoms with Crippen LogP contribution in [0.2, 0.25) is 0 Å². The molecule has 0 aliphatic carbocycles. The summed E-state index contributed by atoms with van der Waals surface area (Å²) in [7, 11) is 2.97. The Kier molecular flexibility index (Phi) is 5.13. The average molecular weight is 403 g/mol. The molecule has 0 spiro atoms. The van der Waals surface area contributed by atoms with Crippen molar-refractivity contribution in [3.05, 3.63) is 76.9 Å². The number of fused-ring (bicyclic) bond motifs is 1. The number of methoxy groups -OCH3 is 2. The monoisotopic (exact) mass is 403 g/mol. The number of nitrogens with zero attached hydrogens (tertiary/aromatic N) is 2. The van der Waals surface area contributed by atoms with E-state index in [4.69, 9.17) is 13.9 Å². The number of hydrogen-bond acceptors (Lipinski definition) is 7. The van der Waals surface area contributed by atoms with Gasteiger partial charge in [-0.25, -0.2) is 14.8 Å². The zero-order valence-electron chi connectivity index (χ0n) is 16.2. The van der Waals surface area contributed by atoms with Crippen molar-refractivity contribution < 1.29 is 18.7 Å². The summed E-state index contributed by atoms with van der Waals surface area (Å²) in [6, 6.07) is 14.0. The minimum Gasteiger partial charge on any atom is -0.493 e. The Morgan fingerprint density at radius 1 is 0.967 bits per heavy atom. The van der Waals surface area contributed by atoms with Crippen molar-refractivity contribution in [2.24, 2.45) is 0 Å². The lowest BCUT2D eigenvalue weighted by Gasteiger charge is -2.08. The van der Waals surface area contributed by atoms with Gasteiger partial charge in [0, 0.05) is 29.0 Å². The molecule has 4 rings (SSSR count). The highest BCUT2D eigenvalue weighted by molar-refractivity contribution is 6.05. The summed E-state index contributed by atoms with van der Waals surface area (Å²) < 4.78 is 15.5. The smallest absolute Gasteiger partial charge is 0.349 e. The molecule has 0 saturated carbocycles.